The summed E-state index contributed by atoms with van der Waals surface area (Å²) in [5, 5.41) is 2.63. The van der Waals surface area contributed by atoms with Crippen LogP contribution in [0.5, 0.6) is 5.75 Å². The molecule has 5 nitrogen and oxygen atoms in total. The number of carbonyl (C=O) groups is 2. The summed E-state index contributed by atoms with van der Waals surface area (Å²) in [6, 6.07) is 4.30. The molecule has 1 unspecified atom stereocenters. The minimum absolute atomic E-state index is 0.0412. The van der Waals surface area contributed by atoms with Gasteiger partial charge in [-0.25, -0.2) is 0 Å². The molecule has 1 aliphatic rings. The Morgan fingerprint density at radius 2 is 1.59 bits per heavy atom. The Hall–Kier alpha value is -2.95. The molecular weight excluding hydrogens is 490 g/mol. The Balaban J connectivity index is 0.00000199. The molecule has 0 radical (unpaired) electrons. The molecule has 2 amide bonds. The van der Waals surface area contributed by atoms with Crippen molar-refractivity contribution in [2.45, 2.75) is 38.7 Å². The second-order valence-corrected chi connectivity index (χ2v) is 7.40. The van der Waals surface area contributed by atoms with E-state index in [2.05, 4.69) is 5.32 Å². The standard InChI is InChI=1S/C20H15ClF6N2O3.C2H6/c1-32-16-8-14(2-3-15(16)21)29-9-13(7-17(29)30)28-18(31)10-4-11(19(22,23)24)6-12(5-10)20(25,26)27;1-2/h2-6,8,13H,7,9H2,1H3,(H,28,31);1-2H3. The van der Waals surface area contributed by atoms with E-state index in [-0.39, 0.29) is 19.0 Å². The fourth-order valence-corrected chi connectivity index (χ4v) is 3.42. The largest absolute Gasteiger partial charge is 0.495 e. The van der Waals surface area contributed by atoms with Gasteiger partial charge in [-0.15, -0.1) is 0 Å². The normalized spacial score (nSPS) is 16.1. The lowest BCUT2D eigenvalue weighted by Crippen LogP contribution is -2.37. The number of benzene rings is 2. The maximum Gasteiger partial charge on any atom is 0.416 e. The van der Waals surface area contributed by atoms with Gasteiger partial charge in [-0.3, -0.25) is 9.59 Å². The number of nitrogens with one attached hydrogen (secondary N) is 1. The molecule has 186 valence electrons. The molecule has 0 spiro atoms. The summed E-state index contributed by atoms with van der Waals surface area (Å²) in [6.07, 6.45) is -10.4. The summed E-state index contributed by atoms with van der Waals surface area (Å²) in [5.41, 5.74) is -3.61. The van der Waals surface area contributed by atoms with Gasteiger partial charge in [-0.1, -0.05) is 25.4 Å². The average Bonchev–Trinajstić information content (AvgIpc) is 3.13. The van der Waals surface area contributed by atoms with E-state index in [1.54, 1.807) is 0 Å². The molecule has 2 aromatic rings. The number of hydrogen-bond acceptors (Lipinski definition) is 3. The third kappa shape index (κ3) is 6.34. The van der Waals surface area contributed by atoms with Gasteiger partial charge in [0.05, 0.1) is 29.3 Å². The number of carbonyl (C=O) groups excluding carboxylic acids is 2. The molecule has 0 bridgehead atoms. The highest BCUT2D eigenvalue weighted by Gasteiger charge is 2.38. The van der Waals surface area contributed by atoms with Crippen molar-refractivity contribution in [3.05, 3.63) is 58.1 Å². The van der Waals surface area contributed by atoms with Gasteiger partial charge in [0.15, 0.2) is 0 Å². The molecule has 3 rings (SSSR count). The van der Waals surface area contributed by atoms with Crippen molar-refractivity contribution in [1.29, 1.82) is 0 Å². The lowest BCUT2D eigenvalue weighted by atomic mass is 10.0. The Bertz CT molecular complexity index is 1020. The SMILES string of the molecule is CC.COc1cc(N2CC(NC(=O)c3cc(C(F)(F)F)cc(C(F)(F)F)c3)CC2=O)ccc1Cl. The molecule has 0 saturated carbocycles. The molecule has 1 fully saturated rings. The highest BCUT2D eigenvalue weighted by atomic mass is 35.5. The predicted molar refractivity (Wildman–Crippen MR) is 114 cm³/mol. The zero-order chi connectivity index (χ0) is 25.8. The fraction of sp³-hybridized carbons (Fsp3) is 0.364. The van der Waals surface area contributed by atoms with Gasteiger partial charge < -0.3 is 15.0 Å². The smallest absolute Gasteiger partial charge is 0.416 e. The quantitative estimate of drug-likeness (QED) is 0.517. The van der Waals surface area contributed by atoms with Crippen LogP contribution < -0.4 is 15.0 Å². The minimum atomic E-state index is -5.08. The summed E-state index contributed by atoms with van der Waals surface area (Å²) < 4.78 is 83.2. The molecular formula is C22H21ClF6N2O3. The molecule has 1 atom stereocenters. The van der Waals surface area contributed by atoms with Crippen LogP contribution in [0.2, 0.25) is 5.02 Å². The van der Waals surface area contributed by atoms with Crippen LogP contribution >= 0.6 is 11.6 Å². The second-order valence-electron chi connectivity index (χ2n) is 6.99. The molecule has 1 heterocycles. The van der Waals surface area contributed by atoms with Crippen molar-refractivity contribution in [3.8, 4) is 5.75 Å². The lowest BCUT2D eigenvalue weighted by molar-refractivity contribution is -0.143. The van der Waals surface area contributed by atoms with Crippen LogP contribution in [0.3, 0.4) is 0 Å². The molecule has 1 saturated heterocycles. The molecule has 1 N–H and O–H groups in total. The van der Waals surface area contributed by atoms with Crippen LogP contribution in [0.4, 0.5) is 32.0 Å². The zero-order valence-electron chi connectivity index (χ0n) is 18.3. The number of methoxy groups -OCH3 is 1. The van der Waals surface area contributed by atoms with Crippen molar-refractivity contribution >= 4 is 29.1 Å². The fourth-order valence-electron chi connectivity index (χ4n) is 3.22. The van der Waals surface area contributed by atoms with Crippen LogP contribution in [0.1, 0.15) is 41.8 Å². The summed E-state index contributed by atoms with van der Waals surface area (Å²) in [7, 11) is 1.38. The predicted octanol–water partition coefficient (Wildman–Crippen LogP) is 5.95. The van der Waals surface area contributed by atoms with E-state index in [4.69, 9.17) is 16.3 Å². The van der Waals surface area contributed by atoms with E-state index < -0.39 is 46.9 Å². The van der Waals surface area contributed by atoms with Crippen molar-refractivity contribution in [3.63, 3.8) is 0 Å². The van der Waals surface area contributed by atoms with E-state index in [1.807, 2.05) is 13.8 Å². The third-order valence-electron chi connectivity index (χ3n) is 4.76. The summed E-state index contributed by atoms with van der Waals surface area (Å²) in [6.45, 7) is 3.96. The van der Waals surface area contributed by atoms with E-state index in [0.29, 0.717) is 28.6 Å². The Morgan fingerprint density at radius 3 is 2.09 bits per heavy atom. The number of anilines is 1. The number of ether oxygens (including phenoxy) is 1. The number of halogens is 7. The first-order valence-corrected chi connectivity index (χ1v) is 10.4. The number of rotatable bonds is 4. The van der Waals surface area contributed by atoms with E-state index in [0.717, 1.165) is 0 Å². The Labute approximate surface area is 196 Å². The van der Waals surface area contributed by atoms with Gasteiger partial charge in [0.25, 0.3) is 5.91 Å². The maximum absolute atomic E-state index is 13.0. The summed E-state index contributed by atoms with van der Waals surface area (Å²) in [4.78, 5) is 26.1. The highest BCUT2D eigenvalue weighted by Crippen LogP contribution is 2.36. The van der Waals surface area contributed by atoms with Crippen molar-refractivity contribution in [2.75, 3.05) is 18.6 Å². The van der Waals surface area contributed by atoms with Gasteiger partial charge in [-0.2, -0.15) is 26.3 Å². The molecule has 12 heteroatoms. The first kappa shape index (κ1) is 27.3. The van der Waals surface area contributed by atoms with Crippen molar-refractivity contribution < 1.29 is 40.7 Å². The van der Waals surface area contributed by atoms with Gasteiger partial charge >= 0.3 is 12.4 Å². The lowest BCUT2D eigenvalue weighted by Gasteiger charge is -2.19. The number of amides is 2. The van der Waals surface area contributed by atoms with Crippen LogP contribution in [0.25, 0.3) is 0 Å². The number of alkyl halides is 6. The van der Waals surface area contributed by atoms with Gasteiger partial charge in [0.2, 0.25) is 5.91 Å². The zero-order valence-corrected chi connectivity index (χ0v) is 19.0. The number of nitrogens with zero attached hydrogens (tertiary/aromatic N) is 1. The van der Waals surface area contributed by atoms with Crippen LogP contribution in [-0.4, -0.2) is 31.5 Å². The van der Waals surface area contributed by atoms with Gasteiger partial charge in [-0.05, 0) is 30.3 Å². The van der Waals surface area contributed by atoms with E-state index in [1.165, 1.54) is 30.2 Å². The summed E-state index contributed by atoms with van der Waals surface area (Å²) >= 11 is 5.95. The van der Waals surface area contributed by atoms with Crippen molar-refractivity contribution in [2.24, 2.45) is 0 Å². The molecule has 34 heavy (non-hydrogen) atoms. The molecule has 0 aromatic heterocycles. The third-order valence-corrected chi connectivity index (χ3v) is 5.07. The topological polar surface area (TPSA) is 58.6 Å². The first-order chi connectivity index (χ1) is 15.8. The Morgan fingerprint density at radius 1 is 1.03 bits per heavy atom. The second kappa shape index (κ2) is 10.5. The average molecular weight is 511 g/mol. The van der Waals surface area contributed by atoms with E-state index >= 15 is 0 Å². The summed E-state index contributed by atoms with van der Waals surface area (Å²) in [5.74, 6) is -1.26. The van der Waals surface area contributed by atoms with Gasteiger partial charge in [0.1, 0.15) is 5.75 Å². The highest BCUT2D eigenvalue weighted by molar-refractivity contribution is 6.32. The minimum Gasteiger partial charge on any atom is -0.495 e. The van der Waals surface area contributed by atoms with E-state index in [9.17, 15) is 35.9 Å². The molecule has 2 aromatic carbocycles. The maximum atomic E-state index is 13.0. The van der Waals surface area contributed by atoms with Crippen LogP contribution in [0, 0.1) is 0 Å². The number of hydrogen-bond donors (Lipinski definition) is 1. The van der Waals surface area contributed by atoms with Crippen LogP contribution in [-0.2, 0) is 17.1 Å². The molecule has 1 aliphatic heterocycles. The first-order valence-electron chi connectivity index (χ1n) is 10.0. The van der Waals surface area contributed by atoms with Crippen molar-refractivity contribution in [1.82, 2.24) is 5.32 Å². The van der Waals surface area contributed by atoms with Gasteiger partial charge in [0, 0.05) is 30.3 Å². The molecule has 0 aliphatic carbocycles. The monoisotopic (exact) mass is 510 g/mol. The Kier molecular flexibility index (Phi) is 8.46. The van der Waals surface area contributed by atoms with Crippen LogP contribution in [0.15, 0.2) is 36.4 Å².